The molecule has 1 heterocycles. The van der Waals surface area contributed by atoms with Gasteiger partial charge < -0.3 is 15.3 Å². The Morgan fingerprint density at radius 1 is 1.58 bits per heavy atom. The van der Waals surface area contributed by atoms with E-state index in [2.05, 4.69) is 10.3 Å². The van der Waals surface area contributed by atoms with Gasteiger partial charge in [0.1, 0.15) is 5.15 Å². The van der Waals surface area contributed by atoms with E-state index in [4.69, 9.17) is 11.6 Å². The number of anilines is 1. The van der Waals surface area contributed by atoms with E-state index in [9.17, 15) is 9.90 Å². The number of urea groups is 1. The van der Waals surface area contributed by atoms with E-state index in [1.807, 2.05) is 20.8 Å². The number of aromatic nitrogens is 1. The summed E-state index contributed by atoms with van der Waals surface area (Å²) in [5, 5.41) is 12.5. The van der Waals surface area contributed by atoms with Gasteiger partial charge in [0.25, 0.3) is 0 Å². The SMILES string of the molecule is CN(C(=O)Nc1ccnc(Cl)c1)C(CO)C(C)(C)C. The van der Waals surface area contributed by atoms with Crippen molar-refractivity contribution in [3.05, 3.63) is 23.5 Å². The molecule has 0 aliphatic rings. The maximum Gasteiger partial charge on any atom is 0.321 e. The van der Waals surface area contributed by atoms with Crippen LogP contribution in [0.25, 0.3) is 0 Å². The van der Waals surface area contributed by atoms with E-state index in [1.165, 1.54) is 11.1 Å². The average Bonchev–Trinajstić information content (AvgIpc) is 2.27. The molecule has 1 rings (SSSR count). The number of nitrogens with one attached hydrogen (secondary N) is 1. The van der Waals surface area contributed by atoms with Crippen molar-refractivity contribution in [2.24, 2.45) is 5.41 Å². The molecule has 0 fully saturated rings. The van der Waals surface area contributed by atoms with Crippen LogP contribution in [0, 0.1) is 5.41 Å². The molecule has 2 amide bonds. The Kier molecular flexibility index (Phi) is 5.14. The number of hydrogen-bond donors (Lipinski definition) is 2. The summed E-state index contributed by atoms with van der Waals surface area (Å²) in [6, 6.07) is 2.65. The zero-order valence-corrected chi connectivity index (χ0v) is 12.4. The van der Waals surface area contributed by atoms with Gasteiger partial charge in [-0.05, 0) is 17.5 Å². The van der Waals surface area contributed by atoms with Crippen LogP contribution < -0.4 is 5.32 Å². The summed E-state index contributed by atoms with van der Waals surface area (Å²) in [6.07, 6.45) is 1.52. The minimum atomic E-state index is -0.295. The number of pyridine rings is 1. The predicted molar refractivity (Wildman–Crippen MR) is 76.4 cm³/mol. The Balaban J connectivity index is 2.77. The molecule has 0 saturated carbocycles. The first-order chi connectivity index (χ1) is 8.75. The van der Waals surface area contributed by atoms with Crippen molar-refractivity contribution in [3.63, 3.8) is 0 Å². The average molecular weight is 286 g/mol. The van der Waals surface area contributed by atoms with Gasteiger partial charge in [0.2, 0.25) is 0 Å². The van der Waals surface area contributed by atoms with E-state index in [0.29, 0.717) is 10.8 Å². The lowest BCUT2D eigenvalue weighted by Gasteiger charge is -2.36. The van der Waals surface area contributed by atoms with Crippen LogP contribution in [-0.2, 0) is 0 Å². The summed E-state index contributed by atoms with van der Waals surface area (Å²) in [4.78, 5) is 17.4. The lowest BCUT2D eigenvalue weighted by Crippen LogP contribution is -2.48. The number of aliphatic hydroxyl groups excluding tert-OH is 1. The summed E-state index contributed by atoms with van der Waals surface area (Å²) in [5.74, 6) is 0. The second-order valence-electron chi connectivity index (χ2n) is 5.47. The van der Waals surface area contributed by atoms with Gasteiger partial charge in [0, 0.05) is 18.9 Å². The third kappa shape index (κ3) is 4.36. The first-order valence-electron chi connectivity index (χ1n) is 6.02. The molecule has 6 heteroatoms. The normalized spacial score (nSPS) is 12.9. The van der Waals surface area contributed by atoms with Gasteiger partial charge in [-0.1, -0.05) is 32.4 Å². The number of nitrogens with zero attached hydrogens (tertiary/aromatic N) is 2. The number of likely N-dealkylation sites (N-methyl/N-ethyl adjacent to an activating group) is 1. The Morgan fingerprint density at radius 3 is 2.68 bits per heavy atom. The third-order valence-electron chi connectivity index (χ3n) is 2.94. The molecular formula is C13H20ClN3O2. The van der Waals surface area contributed by atoms with Gasteiger partial charge in [-0.25, -0.2) is 9.78 Å². The molecule has 19 heavy (non-hydrogen) atoms. The molecule has 1 unspecified atom stereocenters. The second-order valence-corrected chi connectivity index (χ2v) is 5.86. The van der Waals surface area contributed by atoms with Gasteiger partial charge in [-0.3, -0.25) is 0 Å². The molecule has 0 radical (unpaired) electrons. The standard InChI is InChI=1S/C13H20ClN3O2/c1-13(2,3)10(8-18)17(4)12(19)16-9-5-6-15-11(14)7-9/h5-7,10,18H,8H2,1-4H3,(H,15,16,19). The number of amides is 2. The minimum absolute atomic E-state index is 0.0927. The molecule has 0 aromatic carbocycles. The maximum absolute atomic E-state index is 12.1. The fraction of sp³-hybridized carbons (Fsp3) is 0.538. The number of carbonyl (C=O) groups excluding carboxylic acids is 1. The van der Waals surface area contributed by atoms with Gasteiger partial charge in [0.05, 0.1) is 12.6 Å². The van der Waals surface area contributed by atoms with Crippen LogP contribution in [0.5, 0.6) is 0 Å². The smallest absolute Gasteiger partial charge is 0.321 e. The van der Waals surface area contributed by atoms with Crippen LogP contribution in [-0.4, -0.2) is 40.7 Å². The molecule has 0 aliphatic carbocycles. The van der Waals surface area contributed by atoms with Crippen LogP contribution in [0.3, 0.4) is 0 Å². The van der Waals surface area contributed by atoms with Gasteiger partial charge in [-0.15, -0.1) is 0 Å². The summed E-state index contributed by atoms with van der Waals surface area (Å²) < 4.78 is 0. The zero-order chi connectivity index (χ0) is 14.6. The lowest BCUT2D eigenvalue weighted by atomic mass is 9.86. The van der Waals surface area contributed by atoms with Crippen molar-refractivity contribution < 1.29 is 9.90 Å². The largest absolute Gasteiger partial charge is 0.394 e. The predicted octanol–water partition coefficient (Wildman–Crippen LogP) is 2.61. The van der Waals surface area contributed by atoms with Gasteiger partial charge in [-0.2, -0.15) is 0 Å². The fourth-order valence-corrected chi connectivity index (χ4v) is 1.98. The highest BCUT2D eigenvalue weighted by Gasteiger charge is 2.30. The van der Waals surface area contributed by atoms with Crippen molar-refractivity contribution in [1.29, 1.82) is 0 Å². The third-order valence-corrected chi connectivity index (χ3v) is 3.14. The fourth-order valence-electron chi connectivity index (χ4n) is 1.81. The Hall–Kier alpha value is -1.33. The Labute approximate surface area is 118 Å². The first-order valence-corrected chi connectivity index (χ1v) is 6.39. The molecule has 5 nitrogen and oxygen atoms in total. The number of hydrogen-bond acceptors (Lipinski definition) is 3. The number of carbonyl (C=O) groups is 1. The van der Waals surface area contributed by atoms with Crippen LogP contribution in [0.1, 0.15) is 20.8 Å². The molecule has 0 spiro atoms. The second kappa shape index (κ2) is 6.21. The van der Waals surface area contributed by atoms with E-state index in [-0.39, 0.29) is 24.1 Å². The molecule has 2 N–H and O–H groups in total. The lowest BCUT2D eigenvalue weighted by molar-refractivity contribution is 0.0886. The number of rotatable bonds is 3. The number of aliphatic hydroxyl groups is 1. The van der Waals surface area contributed by atoms with Crippen LogP contribution in [0.4, 0.5) is 10.5 Å². The summed E-state index contributed by atoms with van der Waals surface area (Å²) in [6.45, 7) is 5.83. The van der Waals surface area contributed by atoms with E-state index in [0.717, 1.165) is 0 Å². The zero-order valence-electron chi connectivity index (χ0n) is 11.6. The van der Waals surface area contributed by atoms with Crippen molar-refractivity contribution in [3.8, 4) is 0 Å². The highest BCUT2D eigenvalue weighted by Crippen LogP contribution is 2.24. The van der Waals surface area contributed by atoms with Gasteiger partial charge >= 0.3 is 6.03 Å². The van der Waals surface area contributed by atoms with Crippen molar-refractivity contribution >= 4 is 23.3 Å². The molecule has 1 aromatic heterocycles. The molecular weight excluding hydrogens is 266 g/mol. The van der Waals surface area contributed by atoms with Crippen LogP contribution >= 0.6 is 11.6 Å². The molecule has 0 bridgehead atoms. The quantitative estimate of drug-likeness (QED) is 0.839. The highest BCUT2D eigenvalue weighted by molar-refractivity contribution is 6.29. The van der Waals surface area contributed by atoms with Crippen molar-refractivity contribution in [2.45, 2.75) is 26.8 Å². The van der Waals surface area contributed by atoms with Crippen molar-refractivity contribution in [2.75, 3.05) is 19.0 Å². The van der Waals surface area contributed by atoms with E-state index >= 15 is 0 Å². The highest BCUT2D eigenvalue weighted by atomic mass is 35.5. The maximum atomic E-state index is 12.1. The molecule has 106 valence electrons. The van der Waals surface area contributed by atoms with Gasteiger partial charge in [0.15, 0.2) is 0 Å². The Morgan fingerprint density at radius 2 is 2.21 bits per heavy atom. The first kappa shape index (κ1) is 15.7. The van der Waals surface area contributed by atoms with E-state index in [1.54, 1.807) is 19.2 Å². The molecule has 1 atom stereocenters. The van der Waals surface area contributed by atoms with Crippen molar-refractivity contribution in [1.82, 2.24) is 9.88 Å². The van der Waals surface area contributed by atoms with E-state index < -0.39 is 0 Å². The molecule has 0 saturated heterocycles. The van der Waals surface area contributed by atoms with Crippen LogP contribution in [0.15, 0.2) is 18.3 Å². The number of halogens is 1. The monoisotopic (exact) mass is 285 g/mol. The summed E-state index contributed by atoms with van der Waals surface area (Å²) in [7, 11) is 1.66. The molecule has 1 aromatic rings. The topological polar surface area (TPSA) is 65.5 Å². The summed E-state index contributed by atoms with van der Waals surface area (Å²) >= 11 is 5.75. The molecule has 0 aliphatic heterocycles. The minimum Gasteiger partial charge on any atom is -0.394 e. The Bertz CT molecular complexity index is 446. The van der Waals surface area contributed by atoms with Crippen LogP contribution in [0.2, 0.25) is 5.15 Å². The summed E-state index contributed by atoms with van der Waals surface area (Å²) in [5.41, 5.74) is 0.360.